The molecule has 0 unspecified atom stereocenters. The molecule has 2 rings (SSSR count). The van der Waals surface area contributed by atoms with Gasteiger partial charge in [-0.2, -0.15) is 0 Å². The van der Waals surface area contributed by atoms with E-state index in [2.05, 4.69) is 5.43 Å². The monoisotopic (exact) mass is 255 g/mol. The fourth-order valence-corrected chi connectivity index (χ4v) is 2.10. The fraction of sp³-hybridized carbons (Fsp3) is 0.133. The van der Waals surface area contributed by atoms with Crippen LogP contribution in [0.4, 0.5) is 0 Å². The van der Waals surface area contributed by atoms with Gasteiger partial charge in [0.25, 0.3) is 5.91 Å². The van der Waals surface area contributed by atoms with Crippen LogP contribution in [0.2, 0.25) is 0 Å². The van der Waals surface area contributed by atoms with Gasteiger partial charge in [0, 0.05) is 6.42 Å². The highest BCUT2D eigenvalue weighted by Crippen LogP contribution is 2.23. The molecule has 2 aromatic carbocycles. The Morgan fingerprint density at radius 3 is 2.05 bits per heavy atom. The average molecular weight is 255 g/mol. The molecule has 0 aliphatic rings. The summed E-state index contributed by atoms with van der Waals surface area (Å²) in [5.41, 5.74) is 9.03. The first kappa shape index (κ1) is 13.3. The van der Waals surface area contributed by atoms with E-state index in [9.17, 15) is 4.79 Å². The number of carbonyl (C=O) groups excluding carboxylic acids is 1. The molecule has 0 bridgehead atoms. The van der Waals surface area contributed by atoms with Crippen molar-refractivity contribution in [2.24, 2.45) is 11.6 Å². The molecule has 98 valence electrons. The Hall–Kier alpha value is -2.17. The molecule has 0 aliphatic heterocycles. The Morgan fingerprint density at radius 2 is 1.53 bits per heavy atom. The van der Waals surface area contributed by atoms with Crippen LogP contribution < -0.4 is 17.0 Å². The Balaban J connectivity index is 2.39. The summed E-state index contributed by atoms with van der Waals surface area (Å²) in [6.07, 6.45) is 0.390. The van der Waals surface area contributed by atoms with Crippen LogP contribution in [0, 0.1) is 0 Å². The molecule has 4 heteroatoms. The maximum Gasteiger partial charge on any atom is 0.258 e. The van der Waals surface area contributed by atoms with Gasteiger partial charge in [0.2, 0.25) is 0 Å². The van der Waals surface area contributed by atoms with Gasteiger partial charge >= 0.3 is 0 Å². The summed E-state index contributed by atoms with van der Waals surface area (Å²) < 4.78 is 0. The summed E-state index contributed by atoms with van der Waals surface area (Å²) in [7, 11) is 0. The summed E-state index contributed by atoms with van der Waals surface area (Å²) in [5.74, 6) is 4.87. The second kappa shape index (κ2) is 5.65. The molecule has 0 spiro atoms. The summed E-state index contributed by atoms with van der Waals surface area (Å²) in [6.45, 7) is 0. The van der Waals surface area contributed by atoms with Gasteiger partial charge in [0.15, 0.2) is 0 Å². The molecule has 5 N–H and O–H groups in total. The third kappa shape index (κ3) is 2.81. The van der Waals surface area contributed by atoms with E-state index in [1.165, 1.54) is 0 Å². The number of nitrogens with two attached hydrogens (primary N) is 2. The number of benzene rings is 2. The molecule has 0 saturated carbocycles. The van der Waals surface area contributed by atoms with Crippen molar-refractivity contribution in [3.8, 4) is 0 Å². The van der Waals surface area contributed by atoms with Crippen LogP contribution in [0.1, 0.15) is 11.1 Å². The van der Waals surface area contributed by atoms with Gasteiger partial charge in [-0.15, -0.1) is 0 Å². The maximum atomic E-state index is 12.1. The lowest BCUT2D eigenvalue weighted by molar-refractivity contribution is -0.126. The van der Waals surface area contributed by atoms with Gasteiger partial charge in [0.05, 0.1) is 0 Å². The van der Waals surface area contributed by atoms with Crippen molar-refractivity contribution in [1.29, 1.82) is 0 Å². The molecule has 0 heterocycles. The van der Waals surface area contributed by atoms with E-state index in [1.807, 2.05) is 60.7 Å². The number of carbonyl (C=O) groups is 1. The molecule has 1 atom stereocenters. The minimum absolute atomic E-state index is 0.390. The molecule has 2 aromatic rings. The minimum atomic E-state index is -1.17. The topological polar surface area (TPSA) is 81.1 Å². The third-order valence-electron chi connectivity index (χ3n) is 3.15. The molecule has 0 aromatic heterocycles. The number of amides is 1. The quantitative estimate of drug-likeness (QED) is 0.434. The highest BCUT2D eigenvalue weighted by atomic mass is 16.2. The predicted molar refractivity (Wildman–Crippen MR) is 74.8 cm³/mol. The van der Waals surface area contributed by atoms with Crippen molar-refractivity contribution in [2.75, 3.05) is 0 Å². The van der Waals surface area contributed by atoms with Crippen molar-refractivity contribution < 1.29 is 4.79 Å². The Kier molecular flexibility index (Phi) is 3.94. The molecule has 0 fully saturated rings. The lowest BCUT2D eigenvalue weighted by Crippen LogP contribution is -2.54. The molecule has 0 aliphatic carbocycles. The van der Waals surface area contributed by atoms with Crippen molar-refractivity contribution in [3.63, 3.8) is 0 Å². The normalized spacial score (nSPS) is 13.6. The Labute approximate surface area is 112 Å². The van der Waals surface area contributed by atoms with Crippen LogP contribution in [-0.2, 0) is 16.8 Å². The van der Waals surface area contributed by atoms with Crippen LogP contribution in [0.3, 0.4) is 0 Å². The van der Waals surface area contributed by atoms with Crippen molar-refractivity contribution in [3.05, 3.63) is 71.8 Å². The maximum absolute atomic E-state index is 12.1. The van der Waals surface area contributed by atoms with Crippen LogP contribution in [-0.4, -0.2) is 5.91 Å². The largest absolute Gasteiger partial charge is 0.313 e. The van der Waals surface area contributed by atoms with Crippen molar-refractivity contribution in [1.82, 2.24) is 5.43 Å². The number of hydrazine groups is 1. The zero-order valence-electron chi connectivity index (χ0n) is 10.5. The van der Waals surface area contributed by atoms with E-state index in [1.54, 1.807) is 0 Å². The highest BCUT2D eigenvalue weighted by Gasteiger charge is 2.35. The zero-order valence-corrected chi connectivity index (χ0v) is 10.5. The van der Waals surface area contributed by atoms with Crippen molar-refractivity contribution in [2.45, 2.75) is 12.0 Å². The first-order chi connectivity index (χ1) is 9.16. The van der Waals surface area contributed by atoms with Gasteiger partial charge < -0.3 is 5.73 Å². The molecular formula is C15H17N3O. The first-order valence-electron chi connectivity index (χ1n) is 6.06. The molecular weight excluding hydrogens is 238 g/mol. The molecule has 1 amide bonds. The fourth-order valence-electron chi connectivity index (χ4n) is 2.10. The summed E-state index contributed by atoms with van der Waals surface area (Å²) >= 11 is 0. The highest BCUT2D eigenvalue weighted by molar-refractivity contribution is 5.87. The SMILES string of the molecule is NNC(=O)[C@](N)(Cc1ccccc1)c1ccccc1. The predicted octanol–water partition coefficient (Wildman–Crippen LogP) is 1.07. The van der Waals surface area contributed by atoms with Gasteiger partial charge in [-0.3, -0.25) is 10.2 Å². The van der Waals surface area contributed by atoms with E-state index in [4.69, 9.17) is 11.6 Å². The summed E-state index contributed by atoms with van der Waals surface area (Å²) in [4.78, 5) is 12.1. The van der Waals surface area contributed by atoms with E-state index in [0.717, 1.165) is 11.1 Å². The van der Waals surface area contributed by atoms with Gasteiger partial charge in [-0.25, -0.2) is 5.84 Å². The molecule has 4 nitrogen and oxygen atoms in total. The molecule has 0 radical (unpaired) electrons. The van der Waals surface area contributed by atoms with E-state index in [-0.39, 0.29) is 0 Å². The lowest BCUT2D eigenvalue weighted by Gasteiger charge is -2.28. The van der Waals surface area contributed by atoms with Crippen LogP contribution in [0.15, 0.2) is 60.7 Å². The van der Waals surface area contributed by atoms with E-state index < -0.39 is 11.4 Å². The first-order valence-corrected chi connectivity index (χ1v) is 6.06. The second-order valence-electron chi connectivity index (χ2n) is 4.47. The van der Waals surface area contributed by atoms with E-state index >= 15 is 0 Å². The Morgan fingerprint density at radius 1 is 1.00 bits per heavy atom. The minimum Gasteiger partial charge on any atom is -0.313 e. The number of hydrogen-bond donors (Lipinski definition) is 3. The van der Waals surface area contributed by atoms with Crippen LogP contribution in [0.5, 0.6) is 0 Å². The standard InChI is InChI=1S/C15H17N3O/c16-15(14(19)18-17,13-9-5-2-6-10-13)11-12-7-3-1-4-8-12/h1-10H,11,16-17H2,(H,18,19)/t15-/m0/s1. The Bertz CT molecular complexity index is 542. The smallest absolute Gasteiger partial charge is 0.258 e. The van der Waals surface area contributed by atoms with Crippen LogP contribution in [0.25, 0.3) is 0 Å². The van der Waals surface area contributed by atoms with Crippen LogP contribution >= 0.6 is 0 Å². The lowest BCUT2D eigenvalue weighted by atomic mass is 9.84. The second-order valence-corrected chi connectivity index (χ2v) is 4.47. The third-order valence-corrected chi connectivity index (χ3v) is 3.15. The molecule has 19 heavy (non-hydrogen) atoms. The average Bonchev–Trinajstić information content (AvgIpc) is 2.48. The summed E-state index contributed by atoms with van der Waals surface area (Å²) in [5, 5.41) is 0. The van der Waals surface area contributed by atoms with Crippen molar-refractivity contribution >= 4 is 5.91 Å². The van der Waals surface area contributed by atoms with Gasteiger partial charge in [-0.05, 0) is 11.1 Å². The number of nitrogens with one attached hydrogen (secondary N) is 1. The van der Waals surface area contributed by atoms with Gasteiger partial charge in [0.1, 0.15) is 5.54 Å². The zero-order chi connectivity index (χ0) is 13.7. The van der Waals surface area contributed by atoms with Gasteiger partial charge in [-0.1, -0.05) is 60.7 Å². The summed E-state index contributed by atoms with van der Waals surface area (Å²) in [6, 6.07) is 18.9. The number of hydrogen-bond acceptors (Lipinski definition) is 3. The molecule has 0 saturated heterocycles. The van der Waals surface area contributed by atoms with E-state index in [0.29, 0.717) is 6.42 Å². The number of rotatable bonds is 4.